The van der Waals surface area contributed by atoms with Crippen LogP contribution < -0.4 is 0 Å². The third kappa shape index (κ3) is 6.68. The van der Waals surface area contributed by atoms with Crippen LogP contribution in [-0.4, -0.2) is 17.5 Å². The minimum atomic E-state index is -0.958. The van der Waals surface area contributed by atoms with Gasteiger partial charge < -0.3 is 9.84 Å². The van der Waals surface area contributed by atoms with E-state index in [0.29, 0.717) is 0 Å². The summed E-state index contributed by atoms with van der Waals surface area (Å²) in [5.74, 6) is -0.958. The zero-order valence-corrected chi connectivity index (χ0v) is 4.61. The third-order valence-corrected chi connectivity index (χ3v) is 0.523. The van der Waals surface area contributed by atoms with Crippen molar-refractivity contribution in [3.63, 3.8) is 0 Å². The molecule has 9 heavy (non-hydrogen) atoms. The molecule has 0 aromatic rings. The van der Waals surface area contributed by atoms with Gasteiger partial charge in [-0.3, -0.25) is 9.59 Å². The van der Waals surface area contributed by atoms with E-state index in [1.54, 1.807) is 0 Å². The fourth-order valence-electron chi connectivity index (χ4n) is 0.237. The third-order valence-electron chi connectivity index (χ3n) is 0.523. The van der Waals surface area contributed by atoms with Crippen LogP contribution >= 0.6 is 0 Å². The second kappa shape index (κ2) is 4.83. The summed E-state index contributed by atoms with van der Waals surface area (Å²) in [6, 6.07) is 0. The van der Waals surface area contributed by atoms with Gasteiger partial charge in [0.25, 0.3) is 6.47 Å². The Morgan fingerprint density at radius 2 is 2.33 bits per heavy atom. The van der Waals surface area contributed by atoms with Crippen molar-refractivity contribution in [1.82, 2.24) is 0 Å². The van der Waals surface area contributed by atoms with E-state index < -0.39 is 5.97 Å². The van der Waals surface area contributed by atoms with Crippen LogP contribution in [0, 0.1) is 0 Å². The molecule has 0 aliphatic heterocycles. The maximum absolute atomic E-state index is 9.77. The molecular formula is C5H6O4. The van der Waals surface area contributed by atoms with E-state index in [-0.39, 0.29) is 12.9 Å². The van der Waals surface area contributed by atoms with Crippen LogP contribution in [0.5, 0.6) is 0 Å². The Morgan fingerprint density at radius 3 is 2.78 bits per heavy atom. The molecule has 0 aliphatic rings. The summed E-state index contributed by atoms with van der Waals surface area (Å²) >= 11 is 0. The Kier molecular flexibility index (Phi) is 4.12. The molecule has 0 aromatic carbocycles. The maximum Gasteiger partial charge on any atom is 0.307 e. The summed E-state index contributed by atoms with van der Waals surface area (Å²) in [6.07, 6.45) is 2.13. The van der Waals surface area contributed by atoms with E-state index >= 15 is 0 Å². The standard InChI is InChI=1S/C5H6O4/c6-4-9-3-1-2-5(7)8/h1,3-4H,2H2,(H,7,8). The van der Waals surface area contributed by atoms with Gasteiger partial charge in [-0.25, -0.2) is 0 Å². The van der Waals surface area contributed by atoms with Crippen molar-refractivity contribution in [2.24, 2.45) is 0 Å². The van der Waals surface area contributed by atoms with E-state index in [0.717, 1.165) is 6.26 Å². The smallest absolute Gasteiger partial charge is 0.307 e. The number of hydrogen-bond donors (Lipinski definition) is 1. The van der Waals surface area contributed by atoms with Crippen LogP contribution in [-0.2, 0) is 14.3 Å². The highest BCUT2D eigenvalue weighted by atomic mass is 16.5. The molecule has 4 heteroatoms. The van der Waals surface area contributed by atoms with Crippen LogP contribution in [0.15, 0.2) is 12.3 Å². The largest absolute Gasteiger partial charge is 0.481 e. The number of hydrogen-bond acceptors (Lipinski definition) is 3. The average Bonchev–Trinajstić information content (AvgIpc) is 1.80. The molecule has 1 N–H and O–H groups in total. The molecule has 0 aliphatic carbocycles. The van der Waals surface area contributed by atoms with E-state index in [9.17, 15) is 9.59 Å². The van der Waals surface area contributed by atoms with Gasteiger partial charge in [-0.2, -0.15) is 0 Å². The van der Waals surface area contributed by atoms with Gasteiger partial charge in [0, 0.05) is 0 Å². The summed E-state index contributed by atoms with van der Waals surface area (Å²) in [4.78, 5) is 19.2. The van der Waals surface area contributed by atoms with Gasteiger partial charge in [-0.1, -0.05) is 0 Å². The molecule has 4 nitrogen and oxygen atoms in total. The lowest BCUT2D eigenvalue weighted by molar-refractivity contribution is -0.136. The molecule has 0 unspecified atom stereocenters. The lowest BCUT2D eigenvalue weighted by Gasteiger charge is -1.82. The second-order valence-corrected chi connectivity index (χ2v) is 1.20. The van der Waals surface area contributed by atoms with Crippen LogP contribution in [0.3, 0.4) is 0 Å². The summed E-state index contributed by atoms with van der Waals surface area (Å²) in [5, 5.41) is 8.02. The number of carboxylic acid groups (broad SMARTS) is 1. The van der Waals surface area contributed by atoms with E-state index in [2.05, 4.69) is 4.74 Å². The fourth-order valence-corrected chi connectivity index (χ4v) is 0.237. The first-order valence-electron chi connectivity index (χ1n) is 2.23. The van der Waals surface area contributed by atoms with Crippen LogP contribution in [0.1, 0.15) is 6.42 Å². The number of carbonyl (C=O) groups is 2. The Morgan fingerprint density at radius 1 is 1.67 bits per heavy atom. The highest BCUT2D eigenvalue weighted by Gasteiger charge is 1.87. The van der Waals surface area contributed by atoms with Crippen LogP contribution in [0.25, 0.3) is 0 Å². The number of carboxylic acids is 1. The summed E-state index contributed by atoms with van der Waals surface area (Å²) < 4.78 is 4.06. The molecule has 0 amide bonds. The topological polar surface area (TPSA) is 63.6 Å². The lowest BCUT2D eigenvalue weighted by atomic mass is 10.4. The Hall–Kier alpha value is -1.32. The zero-order valence-electron chi connectivity index (χ0n) is 4.61. The molecule has 0 radical (unpaired) electrons. The van der Waals surface area contributed by atoms with Crippen molar-refractivity contribution >= 4 is 12.4 Å². The summed E-state index contributed by atoms with van der Waals surface area (Å²) in [6.45, 7) is 0.221. The molecule has 0 saturated heterocycles. The Labute approximate surface area is 51.7 Å². The molecular weight excluding hydrogens is 124 g/mol. The molecule has 0 fully saturated rings. The van der Waals surface area contributed by atoms with Crippen molar-refractivity contribution in [2.75, 3.05) is 0 Å². The zero-order chi connectivity index (χ0) is 7.11. The normalized spacial score (nSPS) is 9.33. The van der Waals surface area contributed by atoms with Crippen LogP contribution in [0.4, 0.5) is 0 Å². The first-order chi connectivity index (χ1) is 4.27. The minimum Gasteiger partial charge on any atom is -0.481 e. The van der Waals surface area contributed by atoms with E-state index in [1.807, 2.05) is 0 Å². The second-order valence-electron chi connectivity index (χ2n) is 1.20. The number of carbonyl (C=O) groups excluding carboxylic acids is 1. The highest BCUT2D eigenvalue weighted by Crippen LogP contribution is 1.81. The van der Waals surface area contributed by atoms with Crippen LogP contribution in [0.2, 0.25) is 0 Å². The van der Waals surface area contributed by atoms with Gasteiger partial charge in [0.1, 0.15) is 0 Å². The Bertz CT molecular complexity index is 127. The summed E-state index contributed by atoms with van der Waals surface area (Å²) in [7, 11) is 0. The predicted molar refractivity (Wildman–Crippen MR) is 28.5 cm³/mol. The number of rotatable bonds is 4. The molecule has 0 bridgehead atoms. The number of aliphatic carboxylic acids is 1. The highest BCUT2D eigenvalue weighted by molar-refractivity contribution is 5.68. The lowest BCUT2D eigenvalue weighted by Crippen LogP contribution is -1.89. The molecule has 0 atom stereocenters. The van der Waals surface area contributed by atoms with Crippen molar-refractivity contribution in [2.45, 2.75) is 6.42 Å². The maximum atomic E-state index is 9.77. The Balaban J connectivity index is 3.24. The quantitative estimate of drug-likeness (QED) is 0.434. The molecule has 50 valence electrons. The molecule has 0 spiro atoms. The van der Waals surface area contributed by atoms with Gasteiger partial charge in [0.2, 0.25) is 0 Å². The van der Waals surface area contributed by atoms with Crippen molar-refractivity contribution < 1.29 is 19.4 Å². The van der Waals surface area contributed by atoms with Gasteiger partial charge in [0.05, 0.1) is 12.7 Å². The van der Waals surface area contributed by atoms with Crippen molar-refractivity contribution in [3.05, 3.63) is 12.3 Å². The fraction of sp³-hybridized carbons (Fsp3) is 0.200. The number of ether oxygens (including phenoxy) is 1. The first kappa shape index (κ1) is 7.68. The first-order valence-corrected chi connectivity index (χ1v) is 2.23. The predicted octanol–water partition coefficient (Wildman–Crippen LogP) is 0.148. The minimum absolute atomic E-state index is 0.131. The molecule has 0 aromatic heterocycles. The monoisotopic (exact) mass is 130 g/mol. The average molecular weight is 130 g/mol. The van der Waals surface area contributed by atoms with Crippen molar-refractivity contribution in [3.8, 4) is 0 Å². The van der Waals surface area contributed by atoms with Crippen molar-refractivity contribution in [1.29, 1.82) is 0 Å². The SMILES string of the molecule is O=COC=CCC(=O)O. The van der Waals surface area contributed by atoms with Gasteiger partial charge in [-0.15, -0.1) is 0 Å². The van der Waals surface area contributed by atoms with Gasteiger partial charge >= 0.3 is 5.97 Å². The molecule has 0 heterocycles. The van der Waals surface area contributed by atoms with E-state index in [4.69, 9.17) is 5.11 Å². The summed E-state index contributed by atoms with van der Waals surface area (Å²) in [5.41, 5.74) is 0. The van der Waals surface area contributed by atoms with E-state index in [1.165, 1.54) is 6.08 Å². The van der Waals surface area contributed by atoms with Gasteiger partial charge in [-0.05, 0) is 6.08 Å². The molecule has 0 rings (SSSR count). The van der Waals surface area contributed by atoms with Gasteiger partial charge in [0.15, 0.2) is 0 Å². The molecule has 0 saturated carbocycles.